The highest BCUT2D eigenvalue weighted by Gasteiger charge is 2.22. The summed E-state index contributed by atoms with van der Waals surface area (Å²) in [5.74, 6) is 0.862. The minimum Gasteiger partial charge on any atom is -0.491 e. The second kappa shape index (κ2) is 11.8. The lowest BCUT2D eigenvalue weighted by atomic mass is 9.97. The number of benzene rings is 2. The maximum Gasteiger partial charge on any atom is 0.229 e. The number of oxazole rings is 1. The summed E-state index contributed by atoms with van der Waals surface area (Å²) in [5, 5.41) is 38.5. The molecule has 0 saturated carbocycles. The molecule has 0 unspecified atom stereocenters. The van der Waals surface area contributed by atoms with Crippen LogP contribution >= 0.6 is 11.8 Å². The summed E-state index contributed by atoms with van der Waals surface area (Å²) in [4.78, 5) is 8.73. The van der Waals surface area contributed by atoms with Crippen molar-refractivity contribution in [3.8, 4) is 40.5 Å². The molecule has 11 heteroatoms. The van der Waals surface area contributed by atoms with Crippen molar-refractivity contribution in [3.05, 3.63) is 76.9 Å². The van der Waals surface area contributed by atoms with E-state index < -0.39 is 18.5 Å². The van der Waals surface area contributed by atoms with Gasteiger partial charge in [0.05, 0.1) is 23.4 Å². The number of ether oxygens (including phenoxy) is 1. The summed E-state index contributed by atoms with van der Waals surface area (Å²) >= 11 is 1.20. The van der Waals surface area contributed by atoms with Crippen LogP contribution in [0, 0.1) is 35.4 Å². The molecule has 4 rings (SSSR count). The van der Waals surface area contributed by atoms with Crippen molar-refractivity contribution in [3.63, 3.8) is 0 Å². The smallest absolute Gasteiger partial charge is 0.229 e. The Morgan fingerprint density at radius 2 is 1.82 bits per heavy atom. The molecule has 0 aliphatic heterocycles. The molecule has 0 aliphatic rings. The van der Waals surface area contributed by atoms with E-state index in [1.54, 1.807) is 49.4 Å². The van der Waals surface area contributed by atoms with E-state index in [0.29, 0.717) is 33.4 Å². The number of halogens is 1. The molecule has 4 aromatic rings. The van der Waals surface area contributed by atoms with Crippen molar-refractivity contribution in [1.82, 2.24) is 9.97 Å². The zero-order valence-corrected chi connectivity index (χ0v) is 21.0. The Hall–Kier alpha value is -4.42. The van der Waals surface area contributed by atoms with Crippen LogP contribution < -0.4 is 10.5 Å². The Kier molecular flexibility index (Phi) is 8.24. The molecule has 0 spiro atoms. The topological polar surface area (TPSA) is 162 Å². The normalized spacial score (nSPS) is 11.5. The molecule has 0 aliphatic carbocycles. The fraction of sp³-hybridized carbons (Fsp3) is 0.185. The first-order valence-corrected chi connectivity index (χ1v) is 12.3. The molecule has 38 heavy (non-hydrogen) atoms. The molecular weight excluding hydrogens is 509 g/mol. The Morgan fingerprint density at radius 3 is 2.47 bits per heavy atom. The third-order valence-corrected chi connectivity index (χ3v) is 6.54. The van der Waals surface area contributed by atoms with Crippen LogP contribution in [0.15, 0.2) is 58.0 Å². The number of nitrogens with zero attached hydrogens (tertiary/aromatic N) is 4. The molecule has 192 valence electrons. The Labute approximate surface area is 222 Å². The van der Waals surface area contributed by atoms with E-state index in [0.717, 1.165) is 0 Å². The molecule has 0 saturated heterocycles. The van der Waals surface area contributed by atoms with Gasteiger partial charge in [-0.2, -0.15) is 10.5 Å². The van der Waals surface area contributed by atoms with Crippen molar-refractivity contribution < 1.29 is 23.8 Å². The van der Waals surface area contributed by atoms with Crippen molar-refractivity contribution in [1.29, 1.82) is 10.5 Å². The summed E-state index contributed by atoms with van der Waals surface area (Å²) in [5.41, 5.74) is 8.01. The number of anilines is 1. The highest BCUT2D eigenvalue weighted by atomic mass is 32.2. The van der Waals surface area contributed by atoms with Gasteiger partial charge >= 0.3 is 0 Å². The van der Waals surface area contributed by atoms with Crippen molar-refractivity contribution in [2.24, 2.45) is 0 Å². The van der Waals surface area contributed by atoms with Gasteiger partial charge < -0.3 is 25.1 Å². The number of hydrogen-bond donors (Lipinski definition) is 3. The van der Waals surface area contributed by atoms with Crippen molar-refractivity contribution in [2.45, 2.75) is 23.8 Å². The molecule has 0 fully saturated rings. The lowest BCUT2D eigenvalue weighted by Gasteiger charge is -2.14. The van der Waals surface area contributed by atoms with Crippen molar-refractivity contribution >= 4 is 17.6 Å². The Morgan fingerprint density at radius 1 is 1.11 bits per heavy atom. The molecule has 0 radical (unpaired) electrons. The number of nitriles is 2. The lowest BCUT2D eigenvalue weighted by molar-refractivity contribution is 0.0536. The number of aliphatic hydroxyl groups is 2. The number of nitrogens with two attached hydrogens (primary N) is 1. The Balaban J connectivity index is 1.64. The van der Waals surface area contributed by atoms with Crippen LogP contribution in [0.5, 0.6) is 5.75 Å². The summed E-state index contributed by atoms with van der Waals surface area (Å²) in [6, 6.07) is 16.9. The summed E-state index contributed by atoms with van der Waals surface area (Å²) in [6.45, 7) is 1.20. The number of aliphatic hydroxyl groups excluding tert-OH is 2. The van der Waals surface area contributed by atoms with Gasteiger partial charge in [0.1, 0.15) is 58.6 Å². The fourth-order valence-electron chi connectivity index (χ4n) is 3.60. The van der Waals surface area contributed by atoms with Crippen LogP contribution in [-0.4, -0.2) is 39.5 Å². The van der Waals surface area contributed by atoms with Crippen molar-refractivity contribution in [2.75, 3.05) is 18.9 Å². The predicted octanol–water partition coefficient (Wildman–Crippen LogP) is 4.20. The molecule has 2 aromatic heterocycles. The second-order valence-electron chi connectivity index (χ2n) is 8.11. The van der Waals surface area contributed by atoms with Crippen LogP contribution in [0.3, 0.4) is 0 Å². The van der Waals surface area contributed by atoms with Crippen LogP contribution in [0.25, 0.3) is 22.6 Å². The minimum atomic E-state index is -1.01. The number of pyridine rings is 1. The Bertz CT molecular complexity index is 1540. The van der Waals surface area contributed by atoms with Gasteiger partial charge in [-0.3, -0.25) is 0 Å². The maximum absolute atomic E-state index is 14.2. The fourth-order valence-corrected chi connectivity index (χ4v) is 4.60. The first-order chi connectivity index (χ1) is 18.4. The molecule has 2 heterocycles. The highest BCUT2D eigenvalue weighted by Crippen LogP contribution is 2.37. The minimum absolute atomic E-state index is 0.0284. The number of aryl methyl sites for hydroxylation is 1. The third-order valence-electron chi connectivity index (χ3n) is 5.55. The van der Waals surface area contributed by atoms with Crippen LogP contribution in [0.1, 0.15) is 22.6 Å². The molecule has 1 atom stereocenters. The van der Waals surface area contributed by atoms with E-state index >= 15 is 0 Å². The van der Waals surface area contributed by atoms with E-state index in [2.05, 4.69) is 16.0 Å². The van der Waals surface area contributed by atoms with Crippen LogP contribution in [0.4, 0.5) is 10.2 Å². The number of nitrogen functional groups attached to an aromatic ring is 1. The maximum atomic E-state index is 14.2. The van der Waals surface area contributed by atoms with Gasteiger partial charge in [-0.1, -0.05) is 36.0 Å². The SMILES string of the molecule is Cc1oc(-c2ccccc2F)nc1CSc1nc(N)c(C#N)c(-c2ccc(OC[C@H](O)CO)cc2)c1C#N. The van der Waals surface area contributed by atoms with Gasteiger partial charge in [0.25, 0.3) is 0 Å². The molecule has 0 amide bonds. The van der Waals surface area contributed by atoms with Gasteiger partial charge in [0.2, 0.25) is 5.89 Å². The molecular formula is C27H22FN5O4S. The monoisotopic (exact) mass is 531 g/mol. The zero-order chi connectivity index (χ0) is 27.2. The third kappa shape index (κ3) is 5.61. The van der Waals surface area contributed by atoms with Crippen LogP contribution in [-0.2, 0) is 5.75 Å². The van der Waals surface area contributed by atoms with E-state index in [4.69, 9.17) is 20.0 Å². The summed E-state index contributed by atoms with van der Waals surface area (Å²) < 4.78 is 25.3. The molecule has 9 nitrogen and oxygen atoms in total. The van der Waals surface area contributed by atoms with E-state index in [9.17, 15) is 20.0 Å². The van der Waals surface area contributed by atoms with E-state index in [-0.39, 0.29) is 40.8 Å². The summed E-state index contributed by atoms with van der Waals surface area (Å²) in [7, 11) is 0. The molecule has 2 aromatic carbocycles. The predicted molar refractivity (Wildman–Crippen MR) is 138 cm³/mol. The van der Waals surface area contributed by atoms with Gasteiger partial charge in [0, 0.05) is 11.3 Å². The summed E-state index contributed by atoms with van der Waals surface area (Å²) in [6.07, 6.45) is -1.01. The second-order valence-corrected chi connectivity index (χ2v) is 9.08. The number of hydrogen-bond acceptors (Lipinski definition) is 10. The van der Waals surface area contributed by atoms with E-state index in [1.165, 1.54) is 17.8 Å². The first-order valence-electron chi connectivity index (χ1n) is 11.4. The average Bonchev–Trinajstić information content (AvgIpc) is 3.30. The van der Waals surface area contributed by atoms with Crippen LogP contribution in [0.2, 0.25) is 0 Å². The lowest BCUT2D eigenvalue weighted by Crippen LogP contribution is -2.21. The van der Waals surface area contributed by atoms with Gasteiger partial charge in [-0.05, 0) is 36.8 Å². The van der Waals surface area contributed by atoms with E-state index in [1.807, 2.05) is 6.07 Å². The quantitative estimate of drug-likeness (QED) is 0.267. The molecule has 4 N–H and O–H groups in total. The largest absolute Gasteiger partial charge is 0.491 e. The number of aromatic nitrogens is 2. The highest BCUT2D eigenvalue weighted by molar-refractivity contribution is 7.98. The number of rotatable bonds is 9. The first kappa shape index (κ1) is 26.6. The van der Waals surface area contributed by atoms with Gasteiger partial charge in [-0.15, -0.1) is 0 Å². The average molecular weight is 532 g/mol. The standard InChI is InChI=1S/C27H22FN5O4S/c1-15-23(32-26(37-15)19-4-2-3-5-22(19)28)14-38-27-21(11-30)24(20(10-29)25(31)33-27)16-6-8-18(9-7-16)36-13-17(35)12-34/h2-9,17,34-35H,12-14H2,1H3,(H2,31,33)/t17-/m1/s1. The van der Waals surface area contributed by atoms with Gasteiger partial charge in [0.15, 0.2) is 0 Å². The molecule has 0 bridgehead atoms. The zero-order valence-electron chi connectivity index (χ0n) is 20.2. The van der Waals surface area contributed by atoms with Gasteiger partial charge in [-0.25, -0.2) is 14.4 Å². The number of thioether (sulfide) groups is 1.